The second kappa shape index (κ2) is 10.5. The Kier molecular flexibility index (Phi) is 7.67. The Bertz CT molecular complexity index is 1210. The first-order chi connectivity index (χ1) is 15.7. The molecule has 1 N–H and O–H groups in total. The van der Waals surface area contributed by atoms with Gasteiger partial charge in [-0.3, -0.25) is 9.48 Å². The number of hydrogen-bond donors (Lipinski definition) is 1. The number of methoxy groups -OCH3 is 1. The molecular weight excluding hydrogens is 448 g/mol. The Hall–Kier alpha value is -3.44. The van der Waals surface area contributed by atoms with E-state index < -0.39 is 15.7 Å². The maximum atomic E-state index is 12.8. The molecule has 0 aliphatic rings. The average molecular weight is 475 g/mol. The van der Waals surface area contributed by atoms with Crippen LogP contribution in [0.1, 0.15) is 24.2 Å². The number of carbonyl (C=O) groups is 1. The van der Waals surface area contributed by atoms with Gasteiger partial charge in [-0.15, -0.1) is 0 Å². The molecule has 0 saturated carbocycles. The van der Waals surface area contributed by atoms with Crippen molar-refractivity contribution in [3.63, 3.8) is 0 Å². The topological polar surface area (TPSA) is 122 Å². The van der Waals surface area contributed by atoms with Crippen LogP contribution < -0.4 is 14.8 Å². The van der Waals surface area contributed by atoms with Gasteiger partial charge in [-0.05, 0) is 31.2 Å². The van der Waals surface area contributed by atoms with Gasteiger partial charge in [0.15, 0.2) is 20.7 Å². The number of carbonyl (C=O) groups excluding carboxylic acids is 1. The first-order valence-electron chi connectivity index (χ1n) is 10.2. The number of nitrogens with one attached hydrogen (secondary N) is 1. The van der Waals surface area contributed by atoms with Gasteiger partial charge in [0.2, 0.25) is 0 Å². The minimum absolute atomic E-state index is 0.0294. The minimum Gasteiger partial charge on any atom is -0.488 e. The van der Waals surface area contributed by atoms with Crippen LogP contribution in [0.2, 0.25) is 0 Å². The van der Waals surface area contributed by atoms with Crippen LogP contribution in [0, 0.1) is 0 Å². The Morgan fingerprint density at radius 2 is 1.91 bits per heavy atom. The van der Waals surface area contributed by atoms with Gasteiger partial charge in [0.1, 0.15) is 23.4 Å². The minimum atomic E-state index is -3.42. The molecule has 1 amide bonds. The number of hydrogen-bond acceptors (Lipinski definition) is 8. The summed E-state index contributed by atoms with van der Waals surface area (Å²) in [4.78, 5) is 16.8. The zero-order valence-corrected chi connectivity index (χ0v) is 19.6. The first kappa shape index (κ1) is 24.2. The predicted octanol–water partition coefficient (Wildman–Crippen LogP) is 3.07. The molecule has 0 aliphatic heterocycles. The van der Waals surface area contributed by atoms with Crippen molar-refractivity contribution in [2.45, 2.75) is 25.0 Å². The molecule has 1 atom stereocenters. The number of pyridine rings is 1. The molecule has 0 saturated heterocycles. The lowest BCUT2D eigenvalue weighted by Crippen LogP contribution is -2.18. The molecule has 3 rings (SSSR count). The van der Waals surface area contributed by atoms with Gasteiger partial charge in [0.25, 0.3) is 5.91 Å². The van der Waals surface area contributed by atoms with Crippen molar-refractivity contribution < 1.29 is 27.4 Å². The lowest BCUT2D eigenvalue weighted by Gasteiger charge is -2.16. The summed E-state index contributed by atoms with van der Waals surface area (Å²) in [5, 5.41) is 6.84. The number of benzene rings is 1. The molecule has 11 heteroatoms. The van der Waals surface area contributed by atoms with E-state index in [1.54, 1.807) is 56.2 Å². The van der Waals surface area contributed by atoms with Crippen LogP contribution in [0.15, 0.2) is 53.8 Å². The van der Waals surface area contributed by atoms with Gasteiger partial charge in [0.05, 0.1) is 18.6 Å². The van der Waals surface area contributed by atoms with Crippen molar-refractivity contribution in [2.24, 2.45) is 7.05 Å². The van der Waals surface area contributed by atoms with Crippen LogP contribution in [0.3, 0.4) is 0 Å². The highest BCUT2D eigenvalue weighted by Crippen LogP contribution is 2.29. The third-order valence-corrected chi connectivity index (χ3v) is 6.12. The monoisotopic (exact) mass is 474 g/mol. The van der Waals surface area contributed by atoms with E-state index in [0.29, 0.717) is 29.7 Å². The highest BCUT2D eigenvalue weighted by Gasteiger charge is 2.16. The van der Waals surface area contributed by atoms with Crippen LogP contribution >= 0.6 is 0 Å². The summed E-state index contributed by atoms with van der Waals surface area (Å²) < 4.78 is 42.3. The number of rotatable bonds is 10. The molecule has 0 bridgehead atoms. The standard InChI is InChI=1S/C22H26N4O6S/c1-5-33(28,29)21-7-6-17(13-23-21)32-19-11-16(10-18(12-19)31-15(2)14-30-4)22(27)24-20-8-9-26(3)25-20/h6-13,15H,5,14H2,1-4H3,(H,24,25,27). The first-order valence-corrected chi connectivity index (χ1v) is 11.8. The highest BCUT2D eigenvalue weighted by molar-refractivity contribution is 7.91. The fraction of sp³-hybridized carbons (Fsp3) is 0.318. The second-order valence-corrected chi connectivity index (χ2v) is 9.47. The van der Waals surface area contributed by atoms with Crippen molar-refractivity contribution in [2.75, 3.05) is 24.8 Å². The quantitative estimate of drug-likeness (QED) is 0.476. The van der Waals surface area contributed by atoms with Gasteiger partial charge in [-0.2, -0.15) is 5.10 Å². The van der Waals surface area contributed by atoms with E-state index in [0.717, 1.165) is 0 Å². The third-order valence-electron chi connectivity index (χ3n) is 4.48. The molecule has 2 aromatic heterocycles. The second-order valence-electron chi connectivity index (χ2n) is 7.24. The van der Waals surface area contributed by atoms with Crippen molar-refractivity contribution in [1.29, 1.82) is 0 Å². The van der Waals surface area contributed by atoms with Gasteiger partial charge in [-0.1, -0.05) is 6.92 Å². The Morgan fingerprint density at radius 3 is 2.52 bits per heavy atom. The molecule has 0 fully saturated rings. The molecule has 0 aliphatic carbocycles. The fourth-order valence-corrected chi connectivity index (χ4v) is 3.68. The summed E-state index contributed by atoms with van der Waals surface area (Å²) in [6.07, 6.45) is 2.76. The van der Waals surface area contributed by atoms with Crippen molar-refractivity contribution in [3.05, 3.63) is 54.4 Å². The summed E-state index contributed by atoms with van der Waals surface area (Å²) in [6, 6.07) is 9.32. The predicted molar refractivity (Wildman–Crippen MR) is 122 cm³/mol. The van der Waals surface area contributed by atoms with Crippen LogP contribution in [0.5, 0.6) is 17.2 Å². The van der Waals surface area contributed by atoms with E-state index in [9.17, 15) is 13.2 Å². The van der Waals surface area contributed by atoms with E-state index in [4.69, 9.17) is 14.2 Å². The molecule has 1 unspecified atom stereocenters. The lowest BCUT2D eigenvalue weighted by atomic mass is 10.2. The number of aryl methyl sites for hydroxylation is 1. The molecule has 1 aromatic carbocycles. The number of nitrogens with zero attached hydrogens (tertiary/aromatic N) is 3. The molecule has 0 spiro atoms. The highest BCUT2D eigenvalue weighted by atomic mass is 32.2. The van der Waals surface area contributed by atoms with Crippen molar-refractivity contribution >= 4 is 21.6 Å². The summed E-state index contributed by atoms with van der Waals surface area (Å²) in [6.45, 7) is 3.74. The molecular formula is C22H26N4O6S. The smallest absolute Gasteiger partial charge is 0.257 e. The normalized spacial score (nSPS) is 12.2. The van der Waals surface area contributed by atoms with E-state index >= 15 is 0 Å². The molecule has 3 aromatic rings. The summed E-state index contributed by atoms with van der Waals surface area (Å²) >= 11 is 0. The number of sulfone groups is 1. The summed E-state index contributed by atoms with van der Waals surface area (Å²) in [5.41, 5.74) is 0.288. The Balaban J connectivity index is 1.87. The fourth-order valence-electron chi connectivity index (χ4n) is 2.90. The molecule has 10 nitrogen and oxygen atoms in total. The van der Waals surface area contributed by atoms with Gasteiger partial charge >= 0.3 is 0 Å². The van der Waals surface area contributed by atoms with Crippen LogP contribution in [-0.2, 0) is 21.6 Å². The maximum Gasteiger partial charge on any atom is 0.257 e. The van der Waals surface area contributed by atoms with Crippen LogP contribution in [0.25, 0.3) is 0 Å². The zero-order valence-electron chi connectivity index (χ0n) is 18.8. The third kappa shape index (κ3) is 6.53. The summed E-state index contributed by atoms with van der Waals surface area (Å²) in [7, 11) is -0.100. The summed E-state index contributed by atoms with van der Waals surface area (Å²) in [5.74, 6) is 0.987. The largest absolute Gasteiger partial charge is 0.488 e. The van der Waals surface area contributed by atoms with Crippen LogP contribution in [0.4, 0.5) is 5.82 Å². The number of aromatic nitrogens is 3. The van der Waals surface area contributed by atoms with Gasteiger partial charge < -0.3 is 19.5 Å². The van der Waals surface area contributed by atoms with E-state index in [1.165, 1.54) is 18.3 Å². The SMILES string of the molecule is CCS(=O)(=O)c1ccc(Oc2cc(OC(C)COC)cc(C(=O)Nc3ccn(C)n3)c2)cn1. The van der Waals surface area contributed by atoms with E-state index in [-0.39, 0.29) is 22.4 Å². The molecule has 33 heavy (non-hydrogen) atoms. The Morgan fingerprint density at radius 1 is 1.15 bits per heavy atom. The van der Waals surface area contributed by atoms with Crippen molar-refractivity contribution in [1.82, 2.24) is 14.8 Å². The van der Waals surface area contributed by atoms with Gasteiger partial charge in [-0.25, -0.2) is 13.4 Å². The number of ether oxygens (including phenoxy) is 3. The van der Waals surface area contributed by atoms with Crippen molar-refractivity contribution in [3.8, 4) is 17.2 Å². The van der Waals surface area contributed by atoms with E-state index in [2.05, 4.69) is 15.4 Å². The van der Waals surface area contributed by atoms with E-state index in [1.807, 2.05) is 6.92 Å². The van der Waals surface area contributed by atoms with Gasteiger partial charge in [0, 0.05) is 38.1 Å². The molecule has 176 valence electrons. The molecule has 0 radical (unpaired) electrons. The Labute approximate surface area is 192 Å². The molecule has 2 heterocycles. The van der Waals surface area contributed by atoms with Crippen LogP contribution in [-0.4, -0.2) is 54.7 Å². The maximum absolute atomic E-state index is 12.8. The zero-order chi connectivity index (χ0) is 24.0. The number of amides is 1. The number of anilines is 1. The average Bonchev–Trinajstić information content (AvgIpc) is 3.18. The lowest BCUT2D eigenvalue weighted by molar-refractivity contribution is 0.0915.